The summed E-state index contributed by atoms with van der Waals surface area (Å²) in [5.41, 5.74) is -0.190. The first-order valence-corrected chi connectivity index (χ1v) is 11.2. The highest BCUT2D eigenvalue weighted by molar-refractivity contribution is 8.05. The largest absolute Gasteiger partial charge is 0.364 e. The van der Waals surface area contributed by atoms with Crippen LogP contribution in [-0.4, -0.2) is 52.7 Å². The number of aromatic nitrogens is 2. The molecule has 3 N–H and O–H groups in total. The first-order chi connectivity index (χ1) is 13.7. The molecule has 8 heteroatoms. The highest BCUT2D eigenvalue weighted by Gasteiger charge is 2.26. The van der Waals surface area contributed by atoms with Crippen molar-refractivity contribution in [3.63, 3.8) is 0 Å². The first kappa shape index (κ1) is 21.1. The van der Waals surface area contributed by atoms with E-state index in [0.717, 1.165) is 44.4 Å². The van der Waals surface area contributed by atoms with E-state index in [1.54, 1.807) is 18.3 Å². The molecule has 1 amide bonds. The van der Waals surface area contributed by atoms with E-state index >= 15 is 0 Å². The highest BCUT2D eigenvalue weighted by Crippen LogP contribution is 2.27. The van der Waals surface area contributed by atoms with E-state index in [0.29, 0.717) is 22.5 Å². The number of thioether (sulfide) groups is 1. The summed E-state index contributed by atoms with van der Waals surface area (Å²) in [5.74, 6) is 1.06. The van der Waals surface area contributed by atoms with Crippen LogP contribution in [-0.2, 0) is 4.79 Å². The molecule has 3 heterocycles. The molecule has 2 saturated heterocycles. The minimum atomic E-state index is -0.877. The molecule has 0 aliphatic carbocycles. The maximum atomic E-state index is 11.8. The Balaban J connectivity index is 1.53. The molecule has 2 fully saturated rings. The minimum Gasteiger partial charge on any atom is -0.364 e. The van der Waals surface area contributed by atoms with Gasteiger partial charge in [-0.1, -0.05) is 37.9 Å². The Kier molecular flexibility index (Phi) is 8.12. The summed E-state index contributed by atoms with van der Waals surface area (Å²) in [7, 11) is 0. The third-order valence-electron chi connectivity index (χ3n) is 5.10. The third-order valence-corrected chi connectivity index (χ3v) is 6.00. The summed E-state index contributed by atoms with van der Waals surface area (Å²) in [5, 5.41) is 15.6. The Labute approximate surface area is 171 Å². The zero-order valence-corrected chi connectivity index (χ0v) is 17.4. The second-order valence-electron chi connectivity index (χ2n) is 7.45. The SMILES string of the molecule is CCCCCCNCC1CCCN(c2nccc(/C=C3\SC(O)NC3=O)n2)C1. The zero-order chi connectivity index (χ0) is 19.8. The van der Waals surface area contributed by atoms with Gasteiger partial charge in [-0.25, -0.2) is 9.97 Å². The van der Waals surface area contributed by atoms with Crippen molar-refractivity contribution < 1.29 is 9.90 Å². The molecule has 2 aliphatic heterocycles. The first-order valence-electron chi connectivity index (χ1n) is 10.3. The molecule has 28 heavy (non-hydrogen) atoms. The van der Waals surface area contributed by atoms with Crippen molar-refractivity contribution in [3.8, 4) is 0 Å². The maximum absolute atomic E-state index is 11.8. The normalized spacial score (nSPS) is 24.0. The molecule has 1 aromatic rings. The Morgan fingerprint density at radius 2 is 2.32 bits per heavy atom. The number of carbonyl (C=O) groups is 1. The van der Waals surface area contributed by atoms with Gasteiger partial charge in [-0.3, -0.25) is 4.79 Å². The molecule has 2 unspecified atom stereocenters. The number of nitrogens with one attached hydrogen (secondary N) is 2. The number of anilines is 1. The lowest BCUT2D eigenvalue weighted by atomic mass is 9.98. The number of unbranched alkanes of at least 4 members (excludes halogenated alkanes) is 3. The smallest absolute Gasteiger partial charge is 0.260 e. The summed E-state index contributed by atoms with van der Waals surface area (Å²) >= 11 is 1.10. The van der Waals surface area contributed by atoms with Crippen molar-refractivity contribution in [3.05, 3.63) is 22.9 Å². The lowest BCUT2D eigenvalue weighted by Gasteiger charge is -2.33. The topological polar surface area (TPSA) is 90.4 Å². The van der Waals surface area contributed by atoms with Crippen molar-refractivity contribution in [2.24, 2.45) is 5.92 Å². The number of nitrogens with zero attached hydrogens (tertiary/aromatic N) is 3. The predicted octanol–water partition coefficient (Wildman–Crippen LogP) is 2.34. The van der Waals surface area contributed by atoms with Crippen LogP contribution >= 0.6 is 11.8 Å². The quantitative estimate of drug-likeness (QED) is 0.429. The van der Waals surface area contributed by atoms with Crippen LogP contribution in [0.5, 0.6) is 0 Å². The van der Waals surface area contributed by atoms with E-state index < -0.39 is 5.56 Å². The van der Waals surface area contributed by atoms with Crippen LogP contribution in [0.2, 0.25) is 0 Å². The number of hydrogen-bond acceptors (Lipinski definition) is 7. The maximum Gasteiger partial charge on any atom is 0.260 e. The average Bonchev–Trinajstić information content (AvgIpc) is 3.02. The number of aliphatic hydroxyl groups excluding tert-OH is 1. The summed E-state index contributed by atoms with van der Waals surface area (Å²) in [6, 6.07) is 1.79. The number of piperidine rings is 1. The Bertz CT molecular complexity index is 684. The van der Waals surface area contributed by atoms with E-state index in [2.05, 4.69) is 32.4 Å². The Morgan fingerprint density at radius 3 is 3.11 bits per heavy atom. The van der Waals surface area contributed by atoms with Gasteiger partial charge in [0.1, 0.15) is 0 Å². The molecule has 0 radical (unpaired) electrons. The minimum absolute atomic E-state index is 0.263. The van der Waals surface area contributed by atoms with E-state index in [1.807, 2.05) is 0 Å². The van der Waals surface area contributed by atoms with Gasteiger partial charge in [0.15, 0.2) is 5.56 Å². The van der Waals surface area contributed by atoms with Gasteiger partial charge < -0.3 is 20.6 Å². The molecule has 3 rings (SSSR count). The molecule has 2 atom stereocenters. The van der Waals surface area contributed by atoms with E-state index in [4.69, 9.17) is 0 Å². The van der Waals surface area contributed by atoms with Crippen molar-refractivity contribution >= 4 is 29.7 Å². The van der Waals surface area contributed by atoms with Gasteiger partial charge in [0, 0.05) is 19.3 Å². The van der Waals surface area contributed by atoms with E-state index in [1.165, 1.54) is 32.1 Å². The summed E-state index contributed by atoms with van der Waals surface area (Å²) in [6.07, 6.45) is 11.0. The van der Waals surface area contributed by atoms with Crippen molar-refractivity contribution in [2.75, 3.05) is 31.1 Å². The van der Waals surface area contributed by atoms with Crippen LogP contribution in [0.1, 0.15) is 51.1 Å². The van der Waals surface area contributed by atoms with Gasteiger partial charge in [0.2, 0.25) is 5.95 Å². The van der Waals surface area contributed by atoms with Gasteiger partial charge in [-0.15, -0.1) is 0 Å². The van der Waals surface area contributed by atoms with E-state index in [-0.39, 0.29) is 5.91 Å². The lowest BCUT2D eigenvalue weighted by molar-refractivity contribution is -0.117. The molecular formula is C20H31N5O2S. The van der Waals surface area contributed by atoms with Gasteiger partial charge >= 0.3 is 0 Å². The average molecular weight is 406 g/mol. The summed E-state index contributed by atoms with van der Waals surface area (Å²) in [6.45, 7) is 6.29. The van der Waals surface area contributed by atoms with Crippen LogP contribution in [0, 0.1) is 5.92 Å². The molecule has 0 bridgehead atoms. The molecule has 0 saturated carbocycles. The van der Waals surface area contributed by atoms with Crippen molar-refractivity contribution in [2.45, 2.75) is 51.0 Å². The number of amides is 1. The fraction of sp³-hybridized carbons (Fsp3) is 0.650. The second-order valence-corrected chi connectivity index (χ2v) is 8.57. The van der Waals surface area contributed by atoms with Gasteiger partial charge in [-0.05, 0) is 50.4 Å². The van der Waals surface area contributed by atoms with Crippen LogP contribution in [0.25, 0.3) is 6.08 Å². The summed E-state index contributed by atoms with van der Waals surface area (Å²) in [4.78, 5) is 23.6. The van der Waals surface area contributed by atoms with E-state index in [9.17, 15) is 9.90 Å². The molecule has 154 valence electrons. The molecule has 0 aromatic carbocycles. The van der Waals surface area contributed by atoms with Crippen molar-refractivity contribution in [1.29, 1.82) is 0 Å². The molecule has 2 aliphatic rings. The van der Waals surface area contributed by atoms with Crippen LogP contribution < -0.4 is 15.5 Å². The number of carbonyl (C=O) groups excluding carboxylic acids is 1. The van der Waals surface area contributed by atoms with Crippen molar-refractivity contribution in [1.82, 2.24) is 20.6 Å². The third kappa shape index (κ3) is 6.18. The zero-order valence-electron chi connectivity index (χ0n) is 16.6. The molecule has 1 aromatic heterocycles. The van der Waals surface area contributed by atoms with Gasteiger partial charge in [0.05, 0.1) is 10.6 Å². The highest BCUT2D eigenvalue weighted by atomic mass is 32.2. The van der Waals surface area contributed by atoms with Crippen LogP contribution in [0.4, 0.5) is 5.95 Å². The Morgan fingerprint density at radius 1 is 1.43 bits per heavy atom. The predicted molar refractivity (Wildman–Crippen MR) is 114 cm³/mol. The van der Waals surface area contributed by atoms with Crippen LogP contribution in [0.3, 0.4) is 0 Å². The summed E-state index contributed by atoms with van der Waals surface area (Å²) < 4.78 is 0. The second kappa shape index (κ2) is 10.8. The molecule has 0 spiro atoms. The molecule has 7 nitrogen and oxygen atoms in total. The fourth-order valence-electron chi connectivity index (χ4n) is 3.61. The molecular weight excluding hydrogens is 374 g/mol. The standard InChI is InChI=1S/C20H31N5O2S/c1-2-3-4-5-9-21-13-15-7-6-11-25(14-15)19-22-10-8-16(23-19)12-17-18(26)24-20(27)28-17/h8,10,12,15,20-21,27H,2-7,9,11,13-14H2,1H3,(H,24,26)/b17-12-. The Hall–Kier alpha value is -1.64. The fourth-order valence-corrected chi connectivity index (χ4v) is 4.37. The monoisotopic (exact) mass is 405 g/mol. The van der Waals surface area contributed by atoms with Gasteiger partial charge in [-0.2, -0.15) is 0 Å². The number of aliphatic hydroxyl groups is 1. The number of hydrogen-bond donors (Lipinski definition) is 3. The number of rotatable bonds is 9. The van der Waals surface area contributed by atoms with Crippen LogP contribution in [0.15, 0.2) is 17.2 Å². The van der Waals surface area contributed by atoms with Gasteiger partial charge in [0.25, 0.3) is 5.91 Å². The lowest BCUT2D eigenvalue weighted by Crippen LogP contribution is -2.40.